The number of hydrogen-bond donors (Lipinski definition) is 1. The number of amides is 1. The normalized spacial score (nSPS) is 10.6. The van der Waals surface area contributed by atoms with E-state index in [-0.39, 0.29) is 11.4 Å². The molecule has 16 heavy (non-hydrogen) atoms. The van der Waals surface area contributed by atoms with Crippen LogP contribution in [-0.2, 0) is 0 Å². The van der Waals surface area contributed by atoms with Gasteiger partial charge in [-0.15, -0.1) is 0 Å². The predicted molar refractivity (Wildman–Crippen MR) is 61.1 cm³/mol. The van der Waals surface area contributed by atoms with Gasteiger partial charge in [0, 0.05) is 11.1 Å². The quantitative estimate of drug-likeness (QED) is 0.467. The molecule has 0 saturated heterocycles. The molecule has 1 amide bonds. The molecule has 1 rings (SSSR count). The fraction of sp³-hybridized carbons (Fsp3) is 0.333. The summed E-state index contributed by atoms with van der Waals surface area (Å²) in [5.74, 6) is -0.349. The third kappa shape index (κ3) is 3.37. The minimum Gasteiger partial charge on any atom is -0.266 e. The van der Waals surface area contributed by atoms with E-state index in [0.29, 0.717) is 5.56 Å². The maximum absolute atomic E-state index is 11.9. The molecule has 4 nitrogen and oxygen atoms in total. The van der Waals surface area contributed by atoms with Crippen molar-refractivity contribution < 1.29 is 4.79 Å². The van der Waals surface area contributed by atoms with Gasteiger partial charge in [-0.1, -0.05) is 18.2 Å². The molecule has 0 heterocycles. The highest BCUT2D eigenvalue weighted by atomic mass is 16.2. The van der Waals surface area contributed by atoms with Crippen LogP contribution in [0.3, 0.4) is 0 Å². The molecule has 0 aliphatic rings. The smallest absolute Gasteiger partial charge is 0.266 e. The Labute approximate surface area is 95.5 Å². The van der Waals surface area contributed by atoms with E-state index in [0.717, 1.165) is 5.01 Å². The van der Waals surface area contributed by atoms with Crippen molar-refractivity contribution in [3.63, 3.8) is 0 Å². The van der Waals surface area contributed by atoms with E-state index in [1.807, 2.05) is 33.0 Å². The van der Waals surface area contributed by atoms with E-state index in [2.05, 4.69) is 5.43 Å². The summed E-state index contributed by atoms with van der Waals surface area (Å²) >= 11 is 0. The molecule has 0 bridgehead atoms. The van der Waals surface area contributed by atoms with Gasteiger partial charge in [0.05, 0.1) is 0 Å². The van der Waals surface area contributed by atoms with E-state index < -0.39 is 0 Å². The molecular weight excluding hydrogens is 202 g/mol. The summed E-state index contributed by atoms with van der Waals surface area (Å²) in [6.07, 6.45) is 1.83. The van der Waals surface area contributed by atoms with Crippen molar-refractivity contribution in [1.29, 1.82) is 5.26 Å². The zero-order chi connectivity index (χ0) is 12.2. The lowest BCUT2D eigenvalue weighted by atomic mass is 10.1. The Hall–Kier alpha value is -1.86. The van der Waals surface area contributed by atoms with E-state index in [9.17, 15) is 4.79 Å². The van der Waals surface area contributed by atoms with Gasteiger partial charge in [0.1, 0.15) is 0 Å². The van der Waals surface area contributed by atoms with Crippen LogP contribution in [0.2, 0.25) is 0 Å². The highest BCUT2D eigenvalue weighted by Crippen LogP contribution is 2.06. The molecular formula is C12H15N3O. The van der Waals surface area contributed by atoms with Crippen molar-refractivity contribution in [2.45, 2.75) is 26.3 Å². The first kappa shape index (κ1) is 12.2. The van der Waals surface area contributed by atoms with E-state index >= 15 is 0 Å². The van der Waals surface area contributed by atoms with Gasteiger partial charge in [-0.05, 0) is 32.9 Å². The van der Waals surface area contributed by atoms with Gasteiger partial charge in [-0.2, -0.15) is 10.3 Å². The Balaban J connectivity index is 2.84. The number of nitriles is 1. The summed E-state index contributed by atoms with van der Waals surface area (Å²) in [4.78, 5) is 11.9. The number of hydrogen-bond acceptors (Lipinski definition) is 3. The van der Waals surface area contributed by atoms with Gasteiger partial charge < -0.3 is 0 Å². The van der Waals surface area contributed by atoms with Crippen molar-refractivity contribution in [2.75, 3.05) is 0 Å². The summed E-state index contributed by atoms with van der Waals surface area (Å²) in [7, 11) is 0. The summed E-state index contributed by atoms with van der Waals surface area (Å²) in [6, 6.07) is 8.71. The summed E-state index contributed by atoms with van der Waals surface area (Å²) in [5, 5.41) is 9.87. The predicted octanol–water partition coefficient (Wildman–Crippen LogP) is 1.91. The second-order valence-electron chi connectivity index (χ2n) is 4.47. The number of benzene rings is 1. The standard InChI is InChI=1S/C12H15N3O/c1-12(2,3)14-15(9-13)11(16)10-7-5-4-6-8-10/h4-8,14H,1-3H3. The molecule has 0 aliphatic heterocycles. The minimum atomic E-state index is -0.349. The molecule has 4 heteroatoms. The fourth-order valence-corrected chi connectivity index (χ4v) is 1.17. The summed E-state index contributed by atoms with van der Waals surface area (Å²) in [6.45, 7) is 5.65. The van der Waals surface area contributed by atoms with Crippen LogP contribution in [-0.4, -0.2) is 16.5 Å². The Morgan fingerprint density at radius 2 is 1.88 bits per heavy atom. The van der Waals surface area contributed by atoms with Gasteiger partial charge in [0.2, 0.25) is 6.19 Å². The lowest BCUT2D eigenvalue weighted by molar-refractivity contribution is 0.0710. The molecule has 1 N–H and O–H groups in total. The number of nitrogens with one attached hydrogen (secondary N) is 1. The van der Waals surface area contributed by atoms with Gasteiger partial charge in [-0.3, -0.25) is 4.79 Å². The van der Waals surface area contributed by atoms with Crippen LogP contribution in [0.5, 0.6) is 0 Å². The maximum Gasteiger partial charge on any atom is 0.281 e. The first-order chi connectivity index (χ1) is 7.44. The first-order valence-electron chi connectivity index (χ1n) is 5.01. The van der Waals surface area contributed by atoms with Gasteiger partial charge in [-0.25, -0.2) is 5.43 Å². The lowest BCUT2D eigenvalue weighted by Crippen LogP contribution is -2.49. The average molecular weight is 217 g/mol. The molecule has 84 valence electrons. The zero-order valence-electron chi connectivity index (χ0n) is 9.69. The Bertz CT molecular complexity index is 401. The van der Waals surface area contributed by atoms with Crippen molar-refractivity contribution in [2.24, 2.45) is 0 Å². The average Bonchev–Trinajstić information content (AvgIpc) is 2.25. The molecule has 0 spiro atoms. The van der Waals surface area contributed by atoms with Crippen molar-refractivity contribution in [1.82, 2.24) is 10.4 Å². The highest BCUT2D eigenvalue weighted by molar-refractivity contribution is 5.94. The number of rotatable bonds is 2. The number of hydrazine groups is 1. The molecule has 0 aliphatic carbocycles. The van der Waals surface area contributed by atoms with Gasteiger partial charge in [0.25, 0.3) is 5.91 Å². The molecule has 1 aromatic carbocycles. The van der Waals surface area contributed by atoms with E-state index in [1.165, 1.54) is 0 Å². The topological polar surface area (TPSA) is 56.1 Å². The number of carbonyl (C=O) groups excluding carboxylic acids is 1. The van der Waals surface area contributed by atoms with Crippen LogP contribution < -0.4 is 5.43 Å². The van der Waals surface area contributed by atoms with Crippen molar-refractivity contribution in [3.8, 4) is 6.19 Å². The second kappa shape index (κ2) is 4.77. The van der Waals surface area contributed by atoms with Crippen LogP contribution in [0.15, 0.2) is 30.3 Å². The molecule has 0 saturated carbocycles. The van der Waals surface area contributed by atoms with Crippen molar-refractivity contribution in [3.05, 3.63) is 35.9 Å². The first-order valence-corrected chi connectivity index (χ1v) is 5.01. The highest BCUT2D eigenvalue weighted by Gasteiger charge is 2.20. The Morgan fingerprint density at radius 1 is 1.31 bits per heavy atom. The largest absolute Gasteiger partial charge is 0.281 e. The van der Waals surface area contributed by atoms with Crippen LogP contribution in [0, 0.1) is 11.5 Å². The molecule has 1 aromatic rings. The van der Waals surface area contributed by atoms with Gasteiger partial charge >= 0.3 is 0 Å². The fourth-order valence-electron chi connectivity index (χ4n) is 1.17. The third-order valence-corrected chi connectivity index (χ3v) is 1.77. The summed E-state index contributed by atoms with van der Waals surface area (Å²) in [5.41, 5.74) is 2.98. The Kier molecular flexibility index (Phi) is 3.64. The van der Waals surface area contributed by atoms with Crippen molar-refractivity contribution >= 4 is 5.91 Å². The SMILES string of the molecule is CC(C)(C)NN(C#N)C(=O)c1ccccc1. The number of carbonyl (C=O) groups is 1. The number of nitrogens with zero attached hydrogens (tertiary/aromatic N) is 2. The van der Waals surface area contributed by atoms with E-state index in [4.69, 9.17) is 5.26 Å². The van der Waals surface area contributed by atoms with Gasteiger partial charge in [0.15, 0.2) is 0 Å². The van der Waals surface area contributed by atoms with Crippen LogP contribution in [0.4, 0.5) is 0 Å². The third-order valence-electron chi connectivity index (χ3n) is 1.77. The monoisotopic (exact) mass is 217 g/mol. The summed E-state index contributed by atoms with van der Waals surface area (Å²) < 4.78 is 0. The molecule has 0 aromatic heterocycles. The second-order valence-corrected chi connectivity index (χ2v) is 4.47. The van der Waals surface area contributed by atoms with E-state index in [1.54, 1.807) is 24.3 Å². The molecule has 0 radical (unpaired) electrons. The molecule has 0 atom stereocenters. The minimum absolute atomic E-state index is 0.333. The lowest BCUT2D eigenvalue weighted by Gasteiger charge is -2.25. The molecule has 0 unspecified atom stereocenters. The zero-order valence-corrected chi connectivity index (χ0v) is 9.69. The van der Waals surface area contributed by atoms with Crippen LogP contribution in [0.25, 0.3) is 0 Å². The van der Waals surface area contributed by atoms with Crippen LogP contribution >= 0.6 is 0 Å². The maximum atomic E-state index is 11.9. The van der Waals surface area contributed by atoms with Crippen LogP contribution in [0.1, 0.15) is 31.1 Å². The Morgan fingerprint density at radius 3 is 2.31 bits per heavy atom. The molecule has 0 fully saturated rings.